The van der Waals surface area contributed by atoms with Crippen molar-refractivity contribution < 1.29 is 27.1 Å². The topological polar surface area (TPSA) is 35.9 Å². The molecule has 0 amide bonds. The molecular formula is C61H58N4O. The molecule has 0 bridgehead atoms. The highest BCUT2D eigenvalue weighted by Gasteiger charge is 2.25. The third-order valence-electron chi connectivity index (χ3n) is 11.6. The summed E-state index contributed by atoms with van der Waals surface area (Å²) >= 11 is 0. The lowest BCUT2D eigenvalue weighted by Gasteiger charge is -2.27. The minimum atomic E-state index is -1.86. The van der Waals surface area contributed by atoms with Crippen LogP contribution in [0.25, 0.3) is 72.3 Å². The fourth-order valence-corrected chi connectivity index (χ4v) is 8.39. The minimum absolute atomic E-state index is 0.00481. The highest BCUT2D eigenvalue weighted by atomic mass is 16.5. The zero-order chi connectivity index (χ0) is 57.3. The van der Waals surface area contributed by atoms with Gasteiger partial charge >= 0.3 is 0 Å². The molecule has 66 heavy (non-hydrogen) atoms. The number of para-hydroxylation sites is 4. The van der Waals surface area contributed by atoms with Gasteiger partial charge in [-0.2, -0.15) is 0 Å². The maximum Gasteiger partial charge on any atom is 0.269 e. The molecule has 0 spiro atoms. The molecule has 5 nitrogen and oxygen atoms in total. The van der Waals surface area contributed by atoms with Crippen molar-refractivity contribution in [3.63, 3.8) is 0 Å². The molecule has 3 aromatic heterocycles. The van der Waals surface area contributed by atoms with Crippen molar-refractivity contribution >= 4 is 32.8 Å². The predicted octanol–water partition coefficient (Wildman–Crippen LogP) is 15.5. The van der Waals surface area contributed by atoms with Gasteiger partial charge in [-0.15, -0.1) is 0 Å². The molecule has 0 saturated carbocycles. The molecule has 0 aliphatic rings. The molecule has 0 N–H and O–H groups in total. The van der Waals surface area contributed by atoms with E-state index >= 15 is 0 Å². The Balaban J connectivity index is 1.18. The summed E-state index contributed by atoms with van der Waals surface area (Å²) in [6.07, 6.45) is 3.17. The molecule has 0 atom stereocenters. The Morgan fingerprint density at radius 3 is 2.03 bits per heavy atom. The fourth-order valence-electron chi connectivity index (χ4n) is 8.39. The van der Waals surface area contributed by atoms with Crippen LogP contribution in [0.4, 0.5) is 0 Å². The number of aromatic nitrogens is 4. The summed E-state index contributed by atoms with van der Waals surface area (Å²) in [6, 6.07) is 26.7. The Labute approximate surface area is 407 Å². The zero-order valence-corrected chi connectivity index (χ0v) is 38.6. The highest BCUT2D eigenvalue weighted by molar-refractivity contribution is 6.09. The van der Waals surface area contributed by atoms with Crippen molar-refractivity contribution in [3.8, 4) is 50.9 Å². The first-order chi connectivity index (χ1) is 36.9. The van der Waals surface area contributed by atoms with Crippen LogP contribution in [0.15, 0.2) is 176 Å². The largest absolute Gasteiger partial charge is 0.458 e. The average Bonchev–Trinajstić information content (AvgIpc) is 4.22. The van der Waals surface area contributed by atoms with Gasteiger partial charge in [-0.1, -0.05) is 177 Å². The Morgan fingerprint density at radius 2 is 1.29 bits per heavy atom. The number of rotatable bonds is 8. The fraction of sp³-hybridized carbons (Fsp3) is 0.213. The normalized spacial score (nSPS) is 15.4. The summed E-state index contributed by atoms with van der Waals surface area (Å²) in [5.41, 5.74) is 5.77. The lowest BCUT2D eigenvalue weighted by molar-refractivity contribution is -0.571. The van der Waals surface area contributed by atoms with Gasteiger partial charge in [0.05, 0.1) is 48.5 Å². The Bertz CT molecular complexity index is 4120. The van der Waals surface area contributed by atoms with E-state index in [1.165, 1.54) is 22.9 Å². The standard InChI is InChI=1S/C61H58N4O/c1-59(2,3)39-41-31-32-62-57(33-41)65-53-26-14-13-23-51(53)52-30-29-48(38-56(52)65)66-47-22-17-21-46(37-47)63-40-64(55-28-16-15-27-54(55)63)58-49(42-19-11-10-12-20-42)24-18-25-50(58)43-34-44(60(4,5)6)36-45(35-43)61(7,8)9/h10-38H,39H2,1-9H3/i10D,11D,12D,13D,14D,19D,20D,23D,26D,29D,30D,39D2. The molecule has 3 heterocycles. The predicted molar refractivity (Wildman–Crippen MR) is 274 cm³/mol. The van der Waals surface area contributed by atoms with Gasteiger partial charge in [0.1, 0.15) is 17.3 Å². The van der Waals surface area contributed by atoms with Crippen LogP contribution in [-0.2, 0) is 17.2 Å². The third-order valence-corrected chi connectivity index (χ3v) is 11.6. The van der Waals surface area contributed by atoms with Gasteiger partial charge in [0, 0.05) is 25.8 Å². The molecule has 10 aromatic rings. The van der Waals surface area contributed by atoms with Gasteiger partial charge in [0.15, 0.2) is 0 Å². The first-order valence-corrected chi connectivity index (χ1v) is 22.1. The summed E-state index contributed by atoms with van der Waals surface area (Å²) in [5.74, 6) is 0.314. The van der Waals surface area contributed by atoms with Gasteiger partial charge in [-0.25, -0.2) is 4.98 Å². The number of ether oxygens (including phenoxy) is 1. The number of fused-ring (bicyclic) bond motifs is 4. The molecule has 328 valence electrons. The van der Waals surface area contributed by atoms with Crippen LogP contribution < -0.4 is 9.30 Å². The first kappa shape index (κ1) is 30.1. The SMILES string of the molecule is [2H]c1c([2H])c([2H])c(-c2cccc(-c3cc(C(C)(C)C)cc(C(C)(C)C)c3)c2-[n+]2[c-]n(-c3cccc(Oc4cc5c(c([2H])c4[2H])c4c([2H])c([2H])c([2H])c([2H])c4n5-c4cc(C([2H])([2H])C(C)(C)C)ccn4)c3)c3ccccc32)c([2H])c1[2H]. The van der Waals surface area contributed by atoms with E-state index in [1.54, 1.807) is 51.1 Å². The van der Waals surface area contributed by atoms with E-state index in [0.29, 0.717) is 28.0 Å². The number of benzene rings is 7. The van der Waals surface area contributed by atoms with Gasteiger partial charge in [0.25, 0.3) is 6.33 Å². The number of hydrogen-bond donors (Lipinski definition) is 0. The second-order valence-corrected chi connectivity index (χ2v) is 19.7. The molecule has 0 unspecified atom stereocenters. The third kappa shape index (κ3) is 8.19. The molecule has 5 heteroatoms. The van der Waals surface area contributed by atoms with E-state index in [0.717, 1.165) is 22.3 Å². The van der Waals surface area contributed by atoms with Crippen molar-refractivity contribution in [2.24, 2.45) is 5.41 Å². The van der Waals surface area contributed by atoms with Crippen molar-refractivity contribution in [2.45, 2.75) is 79.5 Å². The van der Waals surface area contributed by atoms with Crippen LogP contribution in [0.3, 0.4) is 0 Å². The second kappa shape index (κ2) is 16.3. The maximum atomic E-state index is 9.44. The van der Waals surface area contributed by atoms with E-state index in [1.807, 2.05) is 51.6 Å². The van der Waals surface area contributed by atoms with Crippen molar-refractivity contribution in [2.75, 3.05) is 0 Å². The van der Waals surface area contributed by atoms with Gasteiger partial charge in [-0.05, 0) is 110 Å². The van der Waals surface area contributed by atoms with Gasteiger partial charge < -0.3 is 4.74 Å². The van der Waals surface area contributed by atoms with Crippen LogP contribution in [0.1, 0.15) is 96.8 Å². The monoisotopic (exact) mass is 876 g/mol. The summed E-state index contributed by atoms with van der Waals surface area (Å²) in [6.45, 7) is 18.3. The van der Waals surface area contributed by atoms with Crippen LogP contribution in [0.5, 0.6) is 11.5 Å². The maximum absolute atomic E-state index is 9.44. The number of pyridine rings is 1. The molecular weight excluding hydrogens is 805 g/mol. The zero-order valence-electron chi connectivity index (χ0n) is 51.6. The van der Waals surface area contributed by atoms with E-state index in [9.17, 15) is 5.48 Å². The van der Waals surface area contributed by atoms with E-state index < -0.39 is 54.1 Å². The van der Waals surface area contributed by atoms with Crippen LogP contribution in [0, 0.1) is 11.7 Å². The van der Waals surface area contributed by atoms with E-state index in [-0.39, 0.29) is 85.2 Å². The number of nitrogens with zero attached hydrogens (tertiary/aromatic N) is 4. The Hall–Kier alpha value is -7.24. The van der Waals surface area contributed by atoms with Crippen LogP contribution in [0.2, 0.25) is 0 Å². The quantitative estimate of drug-likeness (QED) is 0.113. The second-order valence-electron chi connectivity index (χ2n) is 19.7. The van der Waals surface area contributed by atoms with Gasteiger partial charge in [0.2, 0.25) is 0 Å². The van der Waals surface area contributed by atoms with Gasteiger partial charge in [-0.3, -0.25) is 13.7 Å². The van der Waals surface area contributed by atoms with E-state index in [4.69, 9.17) is 17.1 Å². The lowest BCUT2D eigenvalue weighted by Crippen LogP contribution is -2.31. The molecule has 10 rings (SSSR count). The van der Waals surface area contributed by atoms with Crippen molar-refractivity contribution in [1.29, 1.82) is 0 Å². The first-order valence-electron chi connectivity index (χ1n) is 28.6. The van der Waals surface area contributed by atoms with Crippen molar-refractivity contribution in [1.82, 2.24) is 14.1 Å². The van der Waals surface area contributed by atoms with Crippen molar-refractivity contribution in [3.05, 3.63) is 199 Å². The summed E-state index contributed by atoms with van der Waals surface area (Å²) in [5, 5.41) is 0.0791. The van der Waals surface area contributed by atoms with E-state index in [2.05, 4.69) is 71.1 Å². The Kier molecular flexibility index (Phi) is 7.44. The summed E-state index contributed by atoms with van der Waals surface area (Å²) < 4.78 is 128. The molecule has 0 aliphatic carbocycles. The van der Waals surface area contributed by atoms with Crippen LogP contribution >= 0.6 is 0 Å². The highest BCUT2D eigenvalue weighted by Crippen LogP contribution is 2.40. The summed E-state index contributed by atoms with van der Waals surface area (Å²) in [7, 11) is 0. The Morgan fingerprint density at radius 1 is 0.606 bits per heavy atom. The average molecular weight is 876 g/mol. The molecule has 7 aromatic carbocycles. The number of hydrogen-bond acceptors (Lipinski definition) is 2. The minimum Gasteiger partial charge on any atom is -0.458 e. The lowest BCUT2D eigenvalue weighted by atomic mass is 9.78. The number of imidazole rings is 1. The molecule has 0 aliphatic heterocycles. The molecule has 0 radical (unpaired) electrons. The smallest absolute Gasteiger partial charge is 0.269 e. The molecule has 0 saturated heterocycles. The van der Waals surface area contributed by atoms with Crippen LogP contribution in [-0.4, -0.2) is 14.1 Å². The molecule has 0 fully saturated rings. The summed E-state index contributed by atoms with van der Waals surface area (Å²) in [4.78, 5) is 4.60.